The third-order valence-corrected chi connectivity index (χ3v) is 5.16. The molecule has 2 fully saturated rings. The Balaban J connectivity index is 1.79. The van der Waals surface area contributed by atoms with Gasteiger partial charge in [0.25, 0.3) is 0 Å². The van der Waals surface area contributed by atoms with Gasteiger partial charge in [-0.15, -0.1) is 0 Å². The first-order valence-electron chi connectivity index (χ1n) is 7.61. The summed E-state index contributed by atoms with van der Waals surface area (Å²) in [6.07, 6.45) is 5.93. The SMILES string of the molecule is CCOC1CC(N(C)c2ncc([N+](=O)[O-])c(N)n2)C12CCC2. The lowest BCUT2D eigenvalue weighted by Crippen LogP contribution is -2.67. The normalized spacial score (nSPS) is 25.4. The van der Waals surface area contributed by atoms with Gasteiger partial charge in [-0.25, -0.2) is 4.98 Å². The minimum absolute atomic E-state index is 0.0924. The molecule has 1 heterocycles. The van der Waals surface area contributed by atoms with E-state index in [1.807, 2.05) is 18.9 Å². The van der Waals surface area contributed by atoms with Crippen molar-refractivity contribution in [2.75, 3.05) is 24.3 Å². The lowest BCUT2D eigenvalue weighted by molar-refractivity contribution is -0.384. The van der Waals surface area contributed by atoms with Crippen molar-refractivity contribution in [3.63, 3.8) is 0 Å². The molecule has 1 aromatic rings. The summed E-state index contributed by atoms with van der Waals surface area (Å²) >= 11 is 0. The standard InChI is InChI=1S/C14H21N5O3/c1-3-22-11-7-10(14(11)5-4-6-14)18(2)13-16-8-9(19(20)21)12(15)17-13/h8,10-11H,3-7H2,1-2H3,(H2,15,16,17). The van der Waals surface area contributed by atoms with Gasteiger partial charge in [0.2, 0.25) is 11.8 Å². The molecular weight excluding hydrogens is 286 g/mol. The largest absolute Gasteiger partial charge is 0.378 e. The summed E-state index contributed by atoms with van der Waals surface area (Å²) in [6.45, 7) is 2.74. The van der Waals surface area contributed by atoms with Gasteiger partial charge in [0.15, 0.2) is 0 Å². The van der Waals surface area contributed by atoms with Crippen LogP contribution in [-0.4, -0.2) is 40.7 Å². The highest BCUT2D eigenvalue weighted by Crippen LogP contribution is 2.59. The fourth-order valence-electron chi connectivity index (χ4n) is 3.77. The molecule has 8 nitrogen and oxygen atoms in total. The second kappa shape index (κ2) is 5.35. The molecule has 2 N–H and O–H groups in total. The van der Waals surface area contributed by atoms with Crippen molar-refractivity contribution in [1.29, 1.82) is 0 Å². The van der Waals surface area contributed by atoms with Gasteiger partial charge in [0.05, 0.1) is 11.0 Å². The van der Waals surface area contributed by atoms with Crippen LogP contribution in [0.3, 0.4) is 0 Å². The zero-order chi connectivity index (χ0) is 15.9. The van der Waals surface area contributed by atoms with Gasteiger partial charge < -0.3 is 15.4 Å². The smallest absolute Gasteiger partial charge is 0.329 e. The number of hydrogen-bond donors (Lipinski definition) is 1. The van der Waals surface area contributed by atoms with Crippen LogP contribution in [0.1, 0.15) is 32.6 Å². The van der Waals surface area contributed by atoms with E-state index in [9.17, 15) is 10.1 Å². The average molecular weight is 307 g/mol. The van der Waals surface area contributed by atoms with E-state index in [2.05, 4.69) is 9.97 Å². The predicted molar refractivity (Wildman–Crippen MR) is 81.6 cm³/mol. The van der Waals surface area contributed by atoms with Crippen LogP contribution < -0.4 is 10.6 Å². The molecule has 0 saturated heterocycles. The monoisotopic (exact) mass is 307 g/mol. The molecule has 2 atom stereocenters. The number of rotatable bonds is 5. The molecular formula is C14H21N5O3. The average Bonchev–Trinajstić information content (AvgIpc) is 2.40. The number of hydrogen-bond acceptors (Lipinski definition) is 7. The van der Waals surface area contributed by atoms with Crippen molar-refractivity contribution in [2.45, 2.75) is 44.8 Å². The summed E-state index contributed by atoms with van der Waals surface area (Å²) in [7, 11) is 1.92. The Labute approximate surface area is 128 Å². The van der Waals surface area contributed by atoms with Crippen molar-refractivity contribution in [3.8, 4) is 0 Å². The maximum absolute atomic E-state index is 10.8. The van der Waals surface area contributed by atoms with Gasteiger partial charge >= 0.3 is 5.69 Å². The lowest BCUT2D eigenvalue weighted by atomic mass is 9.50. The van der Waals surface area contributed by atoms with Crippen molar-refractivity contribution in [1.82, 2.24) is 9.97 Å². The van der Waals surface area contributed by atoms with E-state index in [0.717, 1.165) is 25.9 Å². The van der Waals surface area contributed by atoms with Gasteiger partial charge in [-0.1, -0.05) is 6.42 Å². The van der Waals surface area contributed by atoms with Crippen molar-refractivity contribution in [3.05, 3.63) is 16.3 Å². The van der Waals surface area contributed by atoms with Crippen LogP contribution in [0.4, 0.5) is 17.5 Å². The number of nitrogens with two attached hydrogens (primary N) is 1. The number of ether oxygens (including phenoxy) is 1. The molecule has 0 aromatic carbocycles. The molecule has 2 saturated carbocycles. The van der Waals surface area contributed by atoms with Gasteiger partial charge in [-0.05, 0) is 26.2 Å². The summed E-state index contributed by atoms with van der Waals surface area (Å²) in [4.78, 5) is 20.4. The Bertz CT molecular complexity index is 590. The third kappa shape index (κ3) is 2.09. The highest BCUT2D eigenvalue weighted by Gasteiger charge is 2.60. The van der Waals surface area contributed by atoms with E-state index in [1.54, 1.807) is 0 Å². The molecule has 2 aliphatic carbocycles. The zero-order valence-electron chi connectivity index (χ0n) is 12.9. The Morgan fingerprint density at radius 1 is 1.59 bits per heavy atom. The van der Waals surface area contributed by atoms with Crippen molar-refractivity contribution < 1.29 is 9.66 Å². The minimum Gasteiger partial charge on any atom is -0.378 e. The van der Waals surface area contributed by atoms with E-state index < -0.39 is 4.92 Å². The molecule has 0 aliphatic heterocycles. The Morgan fingerprint density at radius 2 is 2.32 bits per heavy atom. The van der Waals surface area contributed by atoms with E-state index in [4.69, 9.17) is 10.5 Å². The van der Waals surface area contributed by atoms with Crippen LogP contribution in [0.2, 0.25) is 0 Å². The van der Waals surface area contributed by atoms with E-state index in [1.165, 1.54) is 12.6 Å². The number of nitro groups is 1. The van der Waals surface area contributed by atoms with Crippen LogP contribution in [0.5, 0.6) is 0 Å². The van der Waals surface area contributed by atoms with Crippen molar-refractivity contribution in [2.24, 2.45) is 5.41 Å². The van der Waals surface area contributed by atoms with Crippen LogP contribution in [-0.2, 0) is 4.74 Å². The highest BCUT2D eigenvalue weighted by molar-refractivity contribution is 5.54. The molecule has 1 aromatic heterocycles. The summed E-state index contributed by atoms with van der Waals surface area (Å²) in [5, 5.41) is 10.8. The van der Waals surface area contributed by atoms with Gasteiger partial charge in [0.1, 0.15) is 6.20 Å². The maximum Gasteiger partial charge on any atom is 0.329 e. The summed E-state index contributed by atoms with van der Waals surface area (Å²) in [5.74, 6) is 0.347. The van der Waals surface area contributed by atoms with Gasteiger partial charge in [0, 0.05) is 25.1 Å². The first kappa shape index (κ1) is 15.0. The molecule has 2 unspecified atom stereocenters. The van der Waals surface area contributed by atoms with E-state index >= 15 is 0 Å². The molecule has 0 radical (unpaired) electrons. The second-order valence-corrected chi connectivity index (χ2v) is 6.09. The fourth-order valence-corrected chi connectivity index (χ4v) is 3.77. The number of nitrogens with zero attached hydrogens (tertiary/aromatic N) is 4. The molecule has 22 heavy (non-hydrogen) atoms. The summed E-state index contributed by atoms with van der Waals surface area (Å²) in [6, 6.07) is 0.304. The predicted octanol–water partition coefficient (Wildman–Crippen LogP) is 1.75. The van der Waals surface area contributed by atoms with E-state index in [-0.39, 0.29) is 16.9 Å². The van der Waals surface area contributed by atoms with Crippen LogP contribution in [0, 0.1) is 15.5 Å². The third-order valence-electron chi connectivity index (χ3n) is 5.16. The maximum atomic E-state index is 10.8. The highest BCUT2D eigenvalue weighted by atomic mass is 16.6. The molecule has 2 aliphatic rings. The van der Waals surface area contributed by atoms with Crippen molar-refractivity contribution >= 4 is 17.5 Å². The Hall–Kier alpha value is -1.96. The number of aromatic nitrogens is 2. The Kier molecular flexibility index (Phi) is 3.64. The molecule has 0 bridgehead atoms. The lowest BCUT2D eigenvalue weighted by Gasteiger charge is -2.63. The second-order valence-electron chi connectivity index (χ2n) is 6.09. The van der Waals surface area contributed by atoms with Gasteiger partial charge in [-0.2, -0.15) is 4.98 Å². The summed E-state index contributed by atoms with van der Waals surface area (Å²) < 4.78 is 5.84. The molecule has 120 valence electrons. The summed E-state index contributed by atoms with van der Waals surface area (Å²) in [5.41, 5.74) is 5.60. The molecule has 0 amide bonds. The van der Waals surface area contributed by atoms with Gasteiger partial charge in [-0.3, -0.25) is 10.1 Å². The number of anilines is 2. The van der Waals surface area contributed by atoms with E-state index in [0.29, 0.717) is 18.1 Å². The first-order valence-corrected chi connectivity index (χ1v) is 7.61. The molecule has 8 heteroatoms. The van der Waals surface area contributed by atoms with Crippen LogP contribution in [0.15, 0.2) is 6.20 Å². The van der Waals surface area contributed by atoms with Crippen LogP contribution in [0.25, 0.3) is 0 Å². The quantitative estimate of drug-likeness (QED) is 0.652. The first-order chi connectivity index (χ1) is 10.5. The topological polar surface area (TPSA) is 107 Å². The molecule has 3 rings (SSSR count). The van der Waals surface area contributed by atoms with Crippen LogP contribution >= 0.6 is 0 Å². The number of nitrogen functional groups attached to an aromatic ring is 1. The fraction of sp³-hybridized carbons (Fsp3) is 0.714. The Morgan fingerprint density at radius 3 is 2.82 bits per heavy atom. The molecule has 1 spiro atoms. The minimum atomic E-state index is -0.568. The zero-order valence-corrected chi connectivity index (χ0v) is 12.9.